The Kier molecular flexibility index (Phi) is 4.49. The van der Waals surface area contributed by atoms with Crippen molar-refractivity contribution in [2.75, 3.05) is 18.9 Å². The van der Waals surface area contributed by atoms with E-state index in [1.165, 1.54) is 26.4 Å². The standard InChI is InChI=1S/C12H12ClN3O4S/c1-19-9-3-8(4-10(5-9)20-2)16-21(17,18)11-6-14-12(13)15-7-11/h3-7,16H,1-2H3. The molecule has 0 aliphatic heterocycles. The number of hydrogen-bond donors (Lipinski definition) is 1. The molecule has 0 saturated carbocycles. The molecule has 9 heteroatoms. The minimum absolute atomic E-state index is 0.0306. The molecule has 0 bridgehead atoms. The number of methoxy groups -OCH3 is 2. The zero-order valence-corrected chi connectivity index (χ0v) is 12.8. The first-order valence-corrected chi connectivity index (χ1v) is 7.54. The molecule has 0 atom stereocenters. The van der Waals surface area contributed by atoms with Gasteiger partial charge in [0.1, 0.15) is 16.4 Å². The first-order chi connectivity index (χ1) is 9.94. The Morgan fingerprint density at radius 1 is 1.05 bits per heavy atom. The third-order valence-electron chi connectivity index (χ3n) is 2.51. The van der Waals surface area contributed by atoms with E-state index in [0.717, 1.165) is 12.4 Å². The van der Waals surface area contributed by atoms with Crippen LogP contribution in [-0.2, 0) is 10.0 Å². The second-order valence-corrected chi connectivity index (χ2v) is 5.92. The van der Waals surface area contributed by atoms with Crippen LogP contribution in [-0.4, -0.2) is 32.6 Å². The third kappa shape index (κ3) is 3.73. The lowest BCUT2D eigenvalue weighted by molar-refractivity contribution is 0.395. The average Bonchev–Trinajstić information content (AvgIpc) is 2.46. The van der Waals surface area contributed by atoms with Crippen molar-refractivity contribution in [3.05, 3.63) is 35.9 Å². The lowest BCUT2D eigenvalue weighted by Gasteiger charge is -2.11. The van der Waals surface area contributed by atoms with E-state index in [9.17, 15) is 8.42 Å². The van der Waals surface area contributed by atoms with E-state index >= 15 is 0 Å². The van der Waals surface area contributed by atoms with Crippen LogP contribution in [0.5, 0.6) is 11.5 Å². The molecule has 0 radical (unpaired) electrons. The molecule has 7 nitrogen and oxygen atoms in total. The molecular weight excluding hydrogens is 318 g/mol. The van der Waals surface area contributed by atoms with Gasteiger partial charge in [0.15, 0.2) is 0 Å². The maximum absolute atomic E-state index is 12.2. The monoisotopic (exact) mass is 329 g/mol. The van der Waals surface area contributed by atoms with Crippen molar-refractivity contribution < 1.29 is 17.9 Å². The van der Waals surface area contributed by atoms with Gasteiger partial charge in [-0.1, -0.05) is 0 Å². The van der Waals surface area contributed by atoms with Crippen LogP contribution < -0.4 is 14.2 Å². The summed E-state index contributed by atoms with van der Waals surface area (Å²) in [5.41, 5.74) is 0.293. The largest absolute Gasteiger partial charge is 0.497 e. The molecule has 2 aromatic rings. The fourth-order valence-electron chi connectivity index (χ4n) is 1.52. The Morgan fingerprint density at radius 2 is 1.57 bits per heavy atom. The van der Waals surface area contributed by atoms with Crippen molar-refractivity contribution in [1.82, 2.24) is 9.97 Å². The normalized spacial score (nSPS) is 11.0. The van der Waals surface area contributed by atoms with Crippen LogP contribution in [0.1, 0.15) is 0 Å². The van der Waals surface area contributed by atoms with Gasteiger partial charge in [-0.25, -0.2) is 18.4 Å². The summed E-state index contributed by atoms with van der Waals surface area (Å²) in [5.74, 6) is 0.916. The smallest absolute Gasteiger partial charge is 0.264 e. The van der Waals surface area contributed by atoms with E-state index in [-0.39, 0.29) is 10.2 Å². The molecule has 0 unspecified atom stereocenters. The molecule has 0 aliphatic rings. The van der Waals surface area contributed by atoms with Gasteiger partial charge in [-0.15, -0.1) is 0 Å². The van der Waals surface area contributed by atoms with Crippen molar-refractivity contribution in [1.29, 1.82) is 0 Å². The summed E-state index contributed by atoms with van der Waals surface area (Å²) in [7, 11) is -0.880. The van der Waals surface area contributed by atoms with Crippen molar-refractivity contribution in [2.24, 2.45) is 0 Å². The molecule has 21 heavy (non-hydrogen) atoms. The summed E-state index contributed by atoms with van der Waals surface area (Å²) >= 11 is 5.53. The Morgan fingerprint density at radius 3 is 2.05 bits per heavy atom. The maximum Gasteiger partial charge on any atom is 0.264 e. The van der Waals surface area contributed by atoms with Crippen LogP contribution in [0.3, 0.4) is 0 Å². The minimum atomic E-state index is -3.82. The number of anilines is 1. The molecular formula is C12H12ClN3O4S. The van der Waals surface area contributed by atoms with E-state index < -0.39 is 10.0 Å². The predicted molar refractivity (Wildman–Crippen MR) is 77.4 cm³/mol. The first-order valence-electron chi connectivity index (χ1n) is 5.68. The fourth-order valence-corrected chi connectivity index (χ4v) is 2.55. The SMILES string of the molecule is COc1cc(NS(=O)(=O)c2cnc(Cl)nc2)cc(OC)c1. The molecule has 0 fully saturated rings. The quantitative estimate of drug-likeness (QED) is 0.843. The number of benzene rings is 1. The highest BCUT2D eigenvalue weighted by molar-refractivity contribution is 7.92. The molecule has 112 valence electrons. The van der Waals surface area contributed by atoms with Gasteiger partial charge in [-0.05, 0) is 11.6 Å². The van der Waals surface area contributed by atoms with Gasteiger partial charge in [0.2, 0.25) is 5.28 Å². The Hall–Kier alpha value is -2.06. The second kappa shape index (κ2) is 6.15. The van der Waals surface area contributed by atoms with Gasteiger partial charge in [-0.3, -0.25) is 4.72 Å². The minimum Gasteiger partial charge on any atom is -0.497 e. The Balaban J connectivity index is 2.34. The molecule has 0 saturated heterocycles. The van der Waals surface area contributed by atoms with Gasteiger partial charge in [0.25, 0.3) is 10.0 Å². The number of hydrogen-bond acceptors (Lipinski definition) is 6. The summed E-state index contributed by atoms with van der Waals surface area (Å²) in [6.07, 6.45) is 2.24. The summed E-state index contributed by atoms with van der Waals surface area (Å²) in [6.45, 7) is 0. The number of nitrogens with zero attached hydrogens (tertiary/aromatic N) is 2. The lowest BCUT2D eigenvalue weighted by Crippen LogP contribution is -2.13. The highest BCUT2D eigenvalue weighted by Gasteiger charge is 2.16. The van der Waals surface area contributed by atoms with Gasteiger partial charge in [0.05, 0.1) is 32.3 Å². The van der Waals surface area contributed by atoms with E-state index in [1.54, 1.807) is 6.07 Å². The zero-order chi connectivity index (χ0) is 15.5. The van der Waals surface area contributed by atoms with Crippen LogP contribution in [0.25, 0.3) is 0 Å². The Bertz CT molecular complexity index is 712. The van der Waals surface area contributed by atoms with Crippen molar-refractivity contribution in [2.45, 2.75) is 4.90 Å². The highest BCUT2D eigenvalue weighted by atomic mass is 35.5. The summed E-state index contributed by atoms with van der Waals surface area (Å²) in [4.78, 5) is 7.18. The number of nitrogens with one attached hydrogen (secondary N) is 1. The number of halogens is 1. The lowest BCUT2D eigenvalue weighted by atomic mass is 10.3. The second-order valence-electron chi connectivity index (χ2n) is 3.89. The van der Waals surface area contributed by atoms with Crippen molar-refractivity contribution in [3.63, 3.8) is 0 Å². The van der Waals surface area contributed by atoms with Crippen LogP contribution >= 0.6 is 11.6 Å². The predicted octanol–water partition coefficient (Wildman–Crippen LogP) is 1.95. The van der Waals surface area contributed by atoms with Gasteiger partial charge < -0.3 is 9.47 Å². The number of sulfonamides is 1. The zero-order valence-electron chi connectivity index (χ0n) is 11.2. The molecule has 0 aliphatic carbocycles. The van der Waals surface area contributed by atoms with Crippen LogP contribution in [0, 0.1) is 0 Å². The van der Waals surface area contributed by atoms with Gasteiger partial charge in [0, 0.05) is 18.2 Å². The molecule has 0 spiro atoms. The molecule has 0 amide bonds. The number of ether oxygens (including phenoxy) is 2. The third-order valence-corrected chi connectivity index (χ3v) is 4.04. The van der Waals surface area contributed by atoms with Crippen LogP contribution in [0.4, 0.5) is 5.69 Å². The molecule has 1 aromatic heterocycles. The fraction of sp³-hybridized carbons (Fsp3) is 0.167. The summed E-state index contributed by atoms with van der Waals surface area (Å²) in [6, 6.07) is 4.68. The molecule has 1 N–H and O–H groups in total. The van der Waals surface area contributed by atoms with Crippen molar-refractivity contribution >= 4 is 27.3 Å². The molecule has 1 aromatic carbocycles. The Labute approximate surface area is 126 Å². The molecule has 1 heterocycles. The van der Waals surface area contributed by atoms with E-state index in [0.29, 0.717) is 17.2 Å². The summed E-state index contributed by atoms with van der Waals surface area (Å²) < 4.78 is 36.9. The maximum atomic E-state index is 12.2. The van der Waals surface area contributed by atoms with Gasteiger partial charge in [-0.2, -0.15) is 0 Å². The first kappa shape index (κ1) is 15.3. The van der Waals surface area contributed by atoms with E-state index in [1.807, 2.05) is 0 Å². The number of rotatable bonds is 5. The number of aromatic nitrogens is 2. The average molecular weight is 330 g/mol. The molecule has 2 rings (SSSR count). The summed E-state index contributed by atoms with van der Waals surface area (Å²) in [5, 5.41) is -0.0306. The highest BCUT2D eigenvalue weighted by Crippen LogP contribution is 2.27. The van der Waals surface area contributed by atoms with Crippen LogP contribution in [0.15, 0.2) is 35.5 Å². The topological polar surface area (TPSA) is 90.4 Å². The van der Waals surface area contributed by atoms with Crippen LogP contribution in [0.2, 0.25) is 5.28 Å². The van der Waals surface area contributed by atoms with Gasteiger partial charge >= 0.3 is 0 Å². The van der Waals surface area contributed by atoms with E-state index in [4.69, 9.17) is 21.1 Å². The van der Waals surface area contributed by atoms with Crippen molar-refractivity contribution in [3.8, 4) is 11.5 Å². The van der Waals surface area contributed by atoms with E-state index in [2.05, 4.69) is 14.7 Å².